The van der Waals surface area contributed by atoms with Gasteiger partial charge in [-0.2, -0.15) is 0 Å². The van der Waals surface area contributed by atoms with Gasteiger partial charge in [-0.05, 0) is 69.6 Å². The van der Waals surface area contributed by atoms with Crippen LogP contribution in [-0.4, -0.2) is 10.00 Å². The van der Waals surface area contributed by atoms with Crippen LogP contribution in [0.3, 0.4) is 0 Å². The zero-order valence-corrected chi connectivity index (χ0v) is 18.4. The maximum absolute atomic E-state index is 7.11. The van der Waals surface area contributed by atoms with Crippen LogP contribution >= 0.6 is 23.2 Å². The summed E-state index contributed by atoms with van der Waals surface area (Å²) in [6, 6.07) is 0. The van der Waals surface area contributed by atoms with Crippen LogP contribution in [0.15, 0.2) is 0 Å². The van der Waals surface area contributed by atoms with E-state index in [-0.39, 0.29) is 10.8 Å². The van der Waals surface area contributed by atoms with Crippen LogP contribution < -0.4 is 11.5 Å². The van der Waals surface area contributed by atoms with Crippen LogP contribution in [0.4, 0.5) is 0 Å². The lowest BCUT2D eigenvalue weighted by molar-refractivity contribution is 0.0105. The summed E-state index contributed by atoms with van der Waals surface area (Å²) in [5.41, 5.74) is 13.8. The summed E-state index contributed by atoms with van der Waals surface area (Å²) in [7, 11) is 0. The molecule has 148 valence electrons. The van der Waals surface area contributed by atoms with Gasteiger partial charge in [-0.25, -0.2) is 0 Å². The highest BCUT2D eigenvalue weighted by atomic mass is 35.5. The number of alkyl halides is 2. The van der Waals surface area contributed by atoms with Crippen molar-refractivity contribution >= 4 is 23.2 Å². The monoisotopic (exact) mass is 390 g/mol. The lowest BCUT2D eigenvalue weighted by Crippen LogP contribution is -2.62. The van der Waals surface area contributed by atoms with Gasteiger partial charge in [0.2, 0.25) is 0 Å². The highest BCUT2D eigenvalue weighted by Crippen LogP contribution is 2.58. The molecular weight excluding hydrogens is 351 g/mol. The summed E-state index contributed by atoms with van der Waals surface area (Å²) >= 11 is 14.2. The SMILES string of the molecule is CCC1(CC)CCCC(CC2CCCC(CC)(CC)C2(N)Cl)C1(N)Cl. The minimum Gasteiger partial charge on any atom is -0.312 e. The third-order valence-electron chi connectivity index (χ3n) is 8.51. The topological polar surface area (TPSA) is 52.0 Å². The van der Waals surface area contributed by atoms with Crippen molar-refractivity contribution in [3.8, 4) is 0 Å². The van der Waals surface area contributed by atoms with Gasteiger partial charge < -0.3 is 11.5 Å². The van der Waals surface area contributed by atoms with Crippen molar-refractivity contribution in [3.05, 3.63) is 0 Å². The van der Waals surface area contributed by atoms with Crippen LogP contribution in [0.5, 0.6) is 0 Å². The molecule has 0 heterocycles. The lowest BCUT2D eigenvalue weighted by Gasteiger charge is -2.56. The highest BCUT2D eigenvalue weighted by Gasteiger charge is 2.56. The van der Waals surface area contributed by atoms with E-state index in [4.69, 9.17) is 34.7 Å². The lowest BCUT2D eigenvalue weighted by atomic mass is 9.57. The number of hydrogen-bond acceptors (Lipinski definition) is 2. The second kappa shape index (κ2) is 7.86. The molecule has 4 atom stereocenters. The molecule has 0 saturated heterocycles. The van der Waals surface area contributed by atoms with E-state index in [1.807, 2.05) is 0 Å². The van der Waals surface area contributed by atoms with Crippen LogP contribution in [0.25, 0.3) is 0 Å². The Morgan fingerprint density at radius 2 is 1.04 bits per heavy atom. The molecule has 2 aliphatic carbocycles. The molecule has 4 N–H and O–H groups in total. The highest BCUT2D eigenvalue weighted by molar-refractivity contribution is 6.25. The van der Waals surface area contributed by atoms with Crippen molar-refractivity contribution in [1.29, 1.82) is 0 Å². The maximum Gasteiger partial charge on any atom is 0.0995 e. The Labute approximate surface area is 165 Å². The Balaban J connectivity index is 2.25. The molecule has 2 saturated carbocycles. The maximum atomic E-state index is 7.11. The molecule has 0 aromatic rings. The first-order valence-corrected chi connectivity index (χ1v) is 11.4. The molecular formula is C21H40Cl2N2. The van der Waals surface area contributed by atoms with E-state index in [2.05, 4.69) is 27.7 Å². The van der Waals surface area contributed by atoms with Crippen molar-refractivity contribution < 1.29 is 0 Å². The largest absolute Gasteiger partial charge is 0.312 e. The first-order chi connectivity index (χ1) is 11.7. The molecule has 0 aromatic carbocycles. The second-order valence-electron chi connectivity index (χ2n) is 8.92. The van der Waals surface area contributed by atoms with Crippen LogP contribution in [0, 0.1) is 22.7 Å². The van der Waals surface area contributed by atoms with Gasteiger partial charge in [0, 0.05) is 10.8 Å². The Bertz CT molecular complexity index is 399. The van der Waals surface area contributed by atoms with Gasteiger partial charge in [0.15, 0.2) is 0 Å². The number of hydrogen-bond donors (Lipinski definition) is 2. The van der Waals surface area contributed by atoms with Crippen molar-refractivity contribution in [2.45, 2.75) is 108 Å². The minimum atomic E-state index is -0.639. The molecule has 0 bridgehead atoms. The van der Waals surface area contributed by atoms with Crippen molar-refractivity contribution in [3.63, 3.8) is 0 Å². The normalized spacial score (nSPS) is 40.8. The van der Waals surface area contributed by atoms with Crippen molar-refractivity contribution in [1.82, 2.24) is 0 Å². The standard InChI is InChI=1S/C21H40Cl2N2/c1-5-18(6-2)13-9-11-16(20(18,22)24)15-17-12-10-14-19(7-3,8-4)21(17,23)25/h16-17H,5-15,24-25H2,1-4H3. The van der Waals surface area contributed by atoms with Gasteiger partial charge in [0.1, 0.15) is 0 Å². The molecule has 4 unspecified atom stereocenters. The van der Waals surface area contributed by atoms with Gasteiger partial charge in [-0.15, -0.1) is 23.2 Å². The third-order valence-corrected chi connectivity index (χ3v) is 9.92. The minimum absolute atomic E-state index is 0.0440. The fourth-order valence-corrected chi connectivity index (χ4v) is 7.38. The molecule has 2 rings (SSSR count). The smallest absolute Gasteiger partial charge is 0.0995 e. The molecule has 0 aliphatic heterocycles. The van der Waals surface area contributed by atoms with E-state index in [1.165, 1.54) is 12.8 Å². The summed E-state index contributed by atoms with van der Waals surface area (Å²) in [5.74, 6) is 0.609. The van der Waals surface area contributed by atoms with Gasteiger partial charge in [0.05, 0.1) is 10.00 Å². The first-order valence-electron chi connectivity index (χ1n) is 10.6. The zero-order chi connectivity index (χ0) is 18.9. The fraction of sp³-hybridized carbons (Fsp3) is 1.00. The third kappa shape index (κ3) is 3.39. The molecule has 2 nitrogen and oxygen atoms in total. The van der Waals surface area contributed by atoms with Crippen LogP contribution in [0.1, 0.15) is 98.3 Å². The number of halogens is 2. The molecule has 0 spiro atoms. The molecule has 0 aromatic heterocycles. The predicted octanol–water partition coefficient (Wildman–Crippen LogP) is 6.38. The average molecular weight is 391 g/mol. The summed E-state index contributed by atoms with van der Waals surface area (Å²) < 4.78 is 0. The van der Waals surface area contributed by atoms with Gasteiger partial charge in [-0.1, -0.05) is 40.5 Å². The predicted molar refractivity (Wildman–Crippen MR) is 111 cm³/mol. The van der Waals surface area contributed by atoms with Crippen molar-refractivity contribution in [2.24, 2.45) is 34.1 Å². The molecule has 25 heavy (non-hydrogen) atoms. The van der Waals surface area contributed by atoms with E-state index in [0.717, 1.165) is 57.8 Å². The van der Waals surface area contributed by atoms with Gasteiger partial charge in [-0.3, -0.25) is 0 Å². The quantitative estimate of drug-likeness (QED) is 0.408. The summed E-state index contributed by atoms with van der Waals surface area (Å²) in [4.78, 5) is -1.28. The molecule has 0 radical (unpaired) electrons. The van der Waals surface area contributed by atoms with Gasteiger partial charge >= 0.3 is 0 Å². The van der Waals surface area contributed by atoms with Crippen molar-refractivity contribution in [2.75, 3.05) is 0 Å². The van der Waals surface area contributed by atoms with E-state index < -0.39 is 10.00 Å². The van der Waals surface area contributed by atoms with E-state index in [1.54, 1.807) is 0 Å². The number of rotatable bonds is 6. The average Bonchev–Trinajstić information content (AvgIpc) is 2.58. The Kier molecular flexibility index (Phi) is 6.85. The van der Waals surface area contributed by atoms with Crippen LogP contribution in [-0.2, 0) is 0 Å². The molecule has 4 heteroatoms. The Morgan fingerprint density at radius 1 is 0.720 bits per heavy atom. The molecule has 2 aliphatic rings. The summed E-state index contributed by atoms with van der Waals surface area (Å²) in [6.45, 7) is 8.96. The fourth-order valence-electron chi connectivity index (χ4n) is 6.26. The molecule has 2 fully saturated rings. The van der Waals surface area contributed by atoms with E-state index in [0.29, 0.717) is 11.8 Å². The first kappa shape index (κ1) is 21.8. The Morgan fingerprint density at radius 3 is 1.32 bits per heavy atom. The molecule has 0 amide bonds. The van der Waals surface area contributed by atoms with E-state index >= 15 is 0 Å². The van der Waals surface area contributed by atoms with Crippen LogP contribution in [0.2, 0.25) is 0 Å². The Hall–Kier alpha value is 0.500. The second-order valence-corrected chi connectivity index (χ2v) is 10.2. The zero-order valence-electron chi connectivity index (χ0n) is 16.8. The summed E-state index contributed by atoms with van der Waals surface area (Å²) in [6.07, 6.45) is 12.1. The van der Waals surface area contributed by atoms with E-state index in [9.17, 15) is 0 Å². The summed E-state index contributed by atoms with van der Waals surface area (Å²) in [5, 5.41) is 0. The number of nitrogens with two attached hydrogens (primary N) is 2. The van der Waals surface area contributed by atoms with Gasteiger partial charge in [0.25, 0.3) is 0 Å².